The third-order valence-corrected chi connectivity index (χ3v) is 6.98. The summed E-state index contributed by atoms with van der Waals surface area (Å²) in [4.78, 5) is 37.2. The van der Waals surface area contributed by atoms with Crippen LogP contribution in [-0.4, -0.2) is 58.9 Å². The summed E-state index contributed by atoms with van der Waals surface area (Å²) in [5.74, 6) is -4.80. The molecule has 29 heavy (non-hydrogen) atoms. The molecule has 1 aromatic rings. The summed E-state index contributed by atoms with van der Waals surface area (Å²) in [5.41, 5.74) is -6.77. The number of aliphatic carboxylic acids is 1. The van der Waals surface area contributed by atoms with E-state index in [0.29, 0.717) is 4.90 Å². The van der Waals surface area contributed by atoms with Crippen LogP contribution in [0.3, 0.4) is 0 Å². The largest absolute Gasteiger partial charge is 0.534 e. The molecule has 0 aromatic carbocycles. The Morgan fingerprint density at radius 2 is 2.07 bits per heavy atom. The van der Waals surface area contributed by atoms with E-state index in [1.165, 1.54) is 11.3 Å². The van der Waals surface area contributed by atoms with E-state index >= 15 is 0 Å². The Morgan fingerprint density at radius 3 is 2.62 bits per heavy atom. The Morgan fingerprint density at radius 1 is 1.38 bits per heavy atom. The highest BCUT2D eigenvalue weighted by molar-refractivity contribution is 8.00. The summed E-state index contributed by atoms with van der Waals surface area (Å²) in [6.45, 7) is 0. The molecule has 0 unspecified atom stereocenters. The highest BCUT2D eigenvalue weighted by Gasteiger charge is 2.56. The second-order valence-corrected chi connectivity index (χ2v) is 9.45. The molecule has 3 rings (SSSR count). The topological polar surface area (TPSA) is 130 Å². The van der Waals surface area contributed by atoms with Crippen molar-refractivity contribution in [2.24, 2.45) is 0 Å². The van der Waals surface area contributed by atoms with Gasteiger partial charge in [0.05, 0.1) is 12.2 Å². The number of hydrogen-bond acceptors (Lipinski definition) is 8. The zero-order valence-corrected chi connectivity index (χ0v) is 16.5. The van der Waals surface area contributed by atoms with Gasteiger partial charge in [-0.3, -0.25) is 14.5 Å². The molecule has 0 spiro atoms. The van der Waals surface area contributed by atoms with Crippen molar-refractivity contribution in [1.82, 2.24) is 10.2 Å². The lowest BCUT2D eigenvalue weighted by molar-refractivity contribution is -0.151. The fourth-order valence-corrected chi connectivity index (χ4v) is 5.16. The van der Waals surface area contributed by atoms with E-state index in [2.05, 4.69) is 9.50 Å². The predicted octanol–water partition coefficient (Wildman–Crippen LogP) is 0.853. The molecule has 1 aromatic heterocycles. The van der Waals surface area contributed by atoms with Gasteiger partial charge in [-0.25, -0.2) is 4.79 Å². The van der Waals surface area contributed by atoms with E-state index in [0.717, 1.165) is 16.6 Å². The van der Waals surface area contributed by atoms with Crippen LogP contribution < -0.4 is 5.32 Å². The van der Waals surface area contributed by atoms with Crippen LogP contribution in [0.1, 0.15) is 4.88 Å². The van der Waals surface area contributed by atoms with Gasteiger partial charge in [0.25, 0.3) is 5.91 Å². The van der Waals surface area contributed by atoms with Crippen LogP contribution in [0.15, 0.2) is 29.0 Å². The Kier molecular flexibility index (Phi) is 5.57. The number of thiophene rings is 1. The summed E-state index contributed by atoms with van der Waals surface area (Å²) in [5, 5.41) is 12.6. The molecule has 9 nitrogen and oxygen atoms in total. The first-order valence-corrected chi connectivity index (χ1v) is 11.0. The van der Waals surface area contributed by atoms with Gasteiger partial charge in [-0.1, -0.05) is 6.07 Å². The van der Waals surface area contributed by atoms with Gasteiger partial charge in [0, 0.05) is 4.88 Å². The number of thioether (sulfide) groups is 1. The van der Waals surface area contributed by atoms with Crippen LogP contribution in [0.4, 0.5) is 13.2 Å². The lowest BCUT2D eigenvalue weighted by atomic mass is 10.0. The first-order valence-electron chi connectivity index (χ1n) is 7.66. The number of halogens is 3. The number of nitrogens with zero attached hydrogens (tertiary/aromatic N) is 1. The number of carboxylic acid groups (broad SMARTS) is 1. The minimum atomic E-state index is -6.10. The van der Waals surface area contributed by atoms with Crippen LogP contribution in [0.5, 0.6) is 0 Å². The van der Waals surface area contributed by atoms with Gasteiger partial charge < -0.3 is 14.6 Å². The highest BCUT2D eigenvalue weighted by atomic mass is 32.2. The quantitative estimate of drug-likeness (QED) is 0.354. The van der Waals surface area contributed by atoms with Gasteiger partial charge in [-0.05, 0) is 11.4 Å². The fraction of sp³-hybridized carbons (Fsp3) is 0.357. The minimum Gasteiger partial charge on any atom is -0.476 e. The van der Waals surface area contributed by atoms with Gasteiger partial charge in [-0.15, -0.1) is 23.1 Å². The molecule has 2 amide bonds. The van der Waals surface area contributed by atoms with Crippen molar-refractivity contribution in [1.29, 1.82) is 0 Å². The standard InChI is InChI=1S/C14H11F3N2O7S3/c15-14(16,17)29(24,25)26-7-5-28-12-9(11(21)19(12)10(7)13(22)23)18-8(20)4-6-2-1-3-27-6/h1-3,9,12H,4-5H2,(H,18,20)(H,22,23)/t9-,12+/m1/s1. The third-order valence-electron chi connectivity index (χ3n) is 3.86. The van der Waals surface area contributed by atoms with Crippen LogP contribution in [-0.2, 0) is 35.1 Å². The average Bonchev–Trinajstić information content (AvgIpc) is 3.10. The van der Waals surface area contributed by atoms with E-state index in [4.69, 9.17) is 0 Å². The smallest absolute Gasteiger partial charge is 0.476 e. The number of nitrogens with one attached hydrogen (secondary N) is 1. The summed E-state index contributed by atoms with van der Waals surface area (Å²) < 4.78 is 63.9. The Bertz CT molecular complexity index is 989. The van der Waals surface area contributed by atoms with Crippen molar-refractivity contribution < 1.29 is 45.3 Å². The van der Waals surface area contributed by atoms with Crippen molar-refractivity contribution >= 4 is 51.0 Å². The number of fused-ring (bicyclic) bond motifs is 1. The molecule has 1 saturated heterocycles. The normalized spacial score (nSPS) is 22.0. The Labute approximate surface area is 169 Å². The summed E-state index contributed by atoms with van der Waals surface area (Å²) in [6, 6.07) is 2.36. The van der Waals surface area contributed by atoms with Crippen LogP contribution in [0.2, 0.25) is 0 Å². The molecule has 0 saturated carbocycles. The van der Waals surface area contributed by atoms with Crippen LogP contribution in [0.25, 0.3) is 0 Å². The number of carbonyl (C=O) groups excluding carboxylic acids is 2. The lowest BCUT2D eigenvalue weighted by Gasteiger charge is -2.48. The molecule has 1 fully saturated rings. The molecular formula is C14H11F3N2O7S3. The molecular weight excluding hydrogens is 461 g/mol. The number of carbonyl (C=O) groups is 3. The van der Waals surface area contributed by atoms with Crippen molar-refractivity contribution in [3.63, 3.8) is 0 Å². The molecule has 2 atom stereocenters. The molecule has 0 aliphatic carbocycles. The highest BCUT2D eigenvalue weighted by Crippen LogP contribution is 2.42. The van der Waals surface area contributed by atoms with Crippen LogP contribution in [0, 0.1) is 0 Å². The van der Waals surface area contributed by atoms with Crippen LogP contribution >= 0.6 is 23.1 Å². The second-order valence-electron chi connectivity index (χ2n) is 5.77. The van der Waals surface area contributed by atoms with E-state index in [-0.39, 0.29) is 6.42 Å². The third kappa shape index (κ3) is 4.06. The lowest BCUT2D eigenvalue weighted by Crippen LogP contribution is -2.70. The maximum Gasteiger partial charge on any atom is 0.534 e. The van der Waals surface area contributed by atoms with Crippen molar-refractivity contribution in [3.05, 3.63) is 33.8 Å². The minimum absolute atomic E-state index is 0.00134. The van der Waals surface area contributed by atoms with Gasteiger partial charge in [0.1, 0.15) is 11.4 Å². The van der Waals surface area contributed by atoms with Gasteiger partial charge in [0.15, 0.2) is 11.5 Å². The van der Waals surface area contributed by atoms with Crippen molar-refractivity contribution in [2.75, 3.05) is 5.75 Å². The van der Waals surface area contributed by atoms with E-state index < -0.39 is 62.0 Å². The van der Waals surface area contributed by atoms with Crippen molar-refractivity contribution in [3.8, 4) is 0 Å². The monoisotopic (exact) mass is 472 g/mol. The van der Waals surface area contributed by atoms with E-state index in [1.807, 2.05) is 0 Å². The molecule has 3 heterocycles. The Hall–Kier alpha value is -2.26. The second kappa shape index (κ2) is 7.53. The fourth-order valence-electron chi connectivity index (χ4n) is 2.63. The molecule has 15 heteroatoms. The maximum atomic E-state index is 12.5. The number of alkyl halides is 3. The molecule has 158 valence electrons. The number of hydrogen-bond donors (Lipinski definition) is 2. The first kappa shape index (κ1) is 21.4. The molecule has 0 radical (unpaired) electrons. The van der Waals surface area contributed by atoms with Crippen molar-refractivity contribution in [2.45, 2.75) is 23.3 Å². The molecule has 0 bridgehead atoms. The molecule has 2 aliphatic rings. The number of rotatable bonds is 6. The zero-order valence-electron chi connectivity index (χ0n) is 14.0. The summed E-state index contributed by atoms with van der Waals surface area (Å²) in [6.07, 6.45) is -0.00134. The molecule has 2 aliphatic heterocycles. The number of amides is 2. The average molecular weight is 472 g/mol. The number of carboxylic acids is 1. The first-order chi connectivity index (χ1) is 13.4. The summed E-state index contributed by atoms with van der Waals surface area (Å²) >= 11 is 2.10. The zero-order chi connectivity index (χ0) is 21.6. The maximum absolute atomic E-state index is 12.5. The van der Waals surface area contributed by atoms with Gasteiger partial charge in [0.2, 0.25) is 5.91 Å². The Balaban J connectivity index is 1.78. The predicted molar refractivity (Wildman–Crippen MR) is 93.8 cm³/mol. The van der Waals surface area contributed by atoms with Gasteiger partial charge in [-0.2, -0.15) is 21.6 Å². The van der Waals surface area contributed by atoms with E-state index in [9.17, 15) is 41.1 Å². The van der Waals surface area contributed by atoms with E-state index in [1.54, 1.807) is 17.5 Å². The van der Waals surface area contributed by atoms with Gasteiger partial charge >= 0.3 is 21.6 Å². The summed E-state index contributed by atoms with van der Waals surface area (Å²) in [7, 11) is -6.10. The SMILES string of the molecule is O=C(Cc1cccs1)N[C@@H]1C(=O)N2C(C(=O)O)=C(OS(=O)(=O)C(F)(F)F)CS[C@@H]12. The number of β-lactam (4-membered cyclic amide) rings is 1. The molecule has 2 N–H and O–H groups in total.